The van der Waals surface area contributed by atoms with Gasteiger partial charge in [0.15, 0.2) is 5.82 Å². The van der Waals surface area contributed by atoms with Crippen LogP contribution in [0.5, 0.6) is 5.88 Å². The van der Waals surface area contributed by atoms with Crippen molar-refractivity contribution in [3.63, 3.8) is 0 Å². The Kier molecular flexibility index (Phi) is 8.37. The molecule has 1 aromatic carbocycles. The van der Waals surface area contributed by atoms with Gasteiger partial charge >= 0.3 is 16.6 Å². The van der Waals surface area contributed by atoms with Crippen LogP contribution in [0.1, 0.15) is 52.9 Å². The summed E-state index contributed by atoms with van der Waals surface area (Å²) in [6, 6.07) is 9.42. The number of nitrogens with zero attached hydrogens (tertiary/aromatic N) is 6. The Bertz CT molecular complexity index is 1620. The van der Waals surface area contributed by atoms with Crippen molar-refractivity contribution in [1.29, 1.82) is 0 Å². The summed E-state index contributed by atoms with van der Waals surface area (Å²) in [6.07, 6.45) is 3.92. The second-order valence-electron chi connectivity index (χ2n) is 8.80. The van der Waals surface area contributed by atoms with E-state index in [1.54, 1.807) is 36.3 Å². The SMILES string of the molecule is COc1nc(/C=C/c2nc3n(n2)CCC[C@H]3c2ccccc2C(F)(F)F)ccc1-n1cnc(C)c1.O=S(=O)(O)O. The topological polar surface area (TPSA) is 145 Å². The van der Waals surface area contributed by atoms with E-state index < -0.39 is 28.1 Å². The van der Waals surface area contributed by atoms with Crippen molar-refractivity contribution in [2.75, 3.05) is 7.11 Å². The summed E-state index contributed by atoms with van der Waals surface area (Å²) < 4.78 is 81.4. The molecule has 3 aromatic heterocycles. The van der Waals surface area contributed by atoms with Gasteiger partial charge in [-0.2, -0.15) is 26.7 Å². The largest absolute Gasteiger partial charge is 0.479 e. The summed E-state index contributed by atoms with van der Waals surface area (Å²) >= 11 is 0. The first-order valence-corrected chi connectivity index (χ1v) is 13.3. The number of hydrogen-bond donors (Lipinski definition) is 2. The Morgan fingerprint density at radius 1 is 1.10 bits per heavy atom. The van der Waals surface area contributed by atoms with E-state index in [0.29, 0.717) is 36.2 Å². The minimum atomic E-state index is -4.67. The van der Waals surface area contributed by atoms with Crippen molar-refractivity contribution in [2.45, 2.75) is 38.4 Å². The maximum absolute atomic E-state index is 13.6. The molecule has 0 aliphatic carbocycles. The highest BCUT2D eigenvalue weighted by molar-refractivity contribution is 7.79. The van der Waals surface area contributed by atoms with Gasteiger partial charge in [-0.3, -0.25) is 9.11 Å². The number of pyridine rings is 1. The second-order valence-corrected chi connectivity index (χ2v) is 9.69. The maximum atomic E-state index is 13.6. The molecule has 40 heavy (non-hydrogen) atoms. The summed E-state index contributed by atoms with van der Waals surface area (Å²) in [5, 5.41) is 4.51. The van der Waals surface area contributed by atoms with Crippen molar-refractivity contribution < 1.29 is 35.4 Å². The van der Waals surface area contributed by atoms with Crippen LogP contribution >= 0.6 is 0 Å². The summed E-state index contributed by atoms with van der Waals surface area (Å²) in [6.45, 7) is 2.52. The number of methoxy groups -OCH3 is 1. The molecule has 212 valence electrons. The fraction of sp³-hybridized carbons (Fsp3) is 0.280. The van der Waals surface area contributed by atoms with Crippen LogP contribution in [0.2, 0.25) is 0 Å². The van der Waals surface area contributed by atoms with Crippen molar-refractivity contribution in [1.82, 2.24) is 29.3 Å². The lowest BCUT2D eigenvalue weighted by Crippen LogP contribution is -2.21. The lowest BCUT2D eigenvalue weighted by Gasteiger charge is -2.25. The number of aromatic nitrogens is 6. The molecule has 0 saturated carbocycles. The van der Waals surface area contributed by atoms with Crippen molar-refractivity contribution >= 4 is 22.6 Å². The number of ether oxygens (including phenoxy) is 1. The number of aryl methyl sites for hydroxylation is 2. The second kappa shape index (κ2) is 11.6. The summed E-state index contributed by atoms with van der Waals surface area (Å²) in [5.41, 5.74) is 1.88. The fourth-order valence-electron chi connectivity index (χ4n) is 4.39. The normalized spacial score (nSPS) is 15.4. The highest BCUT2D eigenvalue weighted by Crippen LogP contribution is 2.40. The molecule has 15 heteroatoms. The van der Waals surface area contributed by atoms with Crippen LogP contribution in [-0.4, -0.2) is 53.9 Å². The molecule has 4 aromatic rings. The van der Waals surface area contributed by atoms with Crippen LogP contribution < -0.4 is 4.74 Å². The molecule has 0 spiro atoms. The number of alkyl halides is 3. The van der Waals surface area contributed by atoms with E-state index in [-0.39, 0.29) is 5.56 Å². The Hall–Kier alpha value is -4.08. The van der Waals surface area contributed by atoms with E-state index in [2.05, 4.69) is 20.1 Å². The lowest BCUT2D eigenvalue weighted by atomic mass is 9.88. The molecular weight excluding hydrogens is 553 g/mol. The average molecular weight is 579 g/mol. The predicted molar refractivity (Wildman–Crippen MR) is 138 cm³/mol. The molecule has 5 rings (SSSR count). The van der Waals surface area contributed by atoms with Gasteiger partial charge < -0.3 is 9.30 Å². The minimum Gasteiger partial charge on any atom is -0.479 e. The Balaban J connectivity index is 0.000000681. The average Bonchev–Trinajstić information content (AvgIpc) is 3.51. The van der Waals surface area contributed by atoms with Crippen LogP contribution in [-0.2, 0) is 23.1 Å². The minimum absolute atomic E-state index is 0.237. The fourth-order valence-corrected chi connectivity index (χ4v) is 4.39. The van der Waals surface area contributed by atoms with E-state index in [9.17, 15) is 13.2 Å². The Morgan fingerprint density at radius 2 is 1.82 bits per heavy atom. The van der Waals surface area contributed by atoms with Gasteiger partial charge in [0.05, 0.1) is 30.4 Å². The summed E-state index contributed by atoms with van der Waals surface area (Å²) in [4.78, 5) is 13.3. The van der Waals surface area contributed by atoms with Crippen molar-refractivity contribution in [2.24, 2.45) is 0 Å². The van der Waals surface area contributed by atoms with Crippen LogP contribution in [0.15, 0.2) is 48.9 Å². The number of benzene rings is 1. The van der Waals surface area contributed by atoms with Crippen LogP contribution in [0.25, 0.3) is 17.8 Å². The van der Waals surface area contributed by atoms with Crippen LogP contribution in [0.3, 0.4) is 0 Å². The molecule has 0 amide bonds. The molecule has 2 N–H and O–H groups in total. The van der Waals surface area contributed by atoms with Crippen LogP contribution in [0.4, 0.5) is 13.2 Å². The standard InChI is InChI=1S/C25H23F3N6O.H2O4S/c1-16-14-33(15-29-16)21-11-9-17(30-24(21)35-2)10-12-22-31-23-19(7-5-13-34(23)32-22)18-6-3-4-8-20(18)25(26,27)28;1-5(2,3)4/h3-4,6,8-12,14-15,19H,5,7,13H2,1-2H3;(H2,1,2,3,4)/b12-10+;/t19-;/m0./s1. The monoisotopic (exact) mass is 578 g/mol. The first kappa shape index (κ1) is 28.9. The number of imidazole rings is 1. The molecule has 1 aliphatic heterocycles. The van der Waals surface area contributed by atoms with Gasteiger partial charge in [0.1, 0.15) is 11.5 Å². The quantitative estimate of drug-likeness (QED) is 0.324. The molecule has 11 nitrogen and oxygen atoms in total. The Labute approximate surface area is 227 Å². The molecule has 1 aliphatic rings. The van der Waals surface area contributed by atoms with E-state index in [4.69, 9.17) is 22.3 Å². The van der Waals surface area contributed by atoms with E-state index in [1.807, 2.05) is 29.8 Å². The van der Waals surface area contributed by atoms with Gasteiger partial charge in [-0.1, -0.05) is 18.2 Å². The first-order valence-electron chi connectivity index (χ1n) is 11.9. The van der Waals surface area contributed by atoms with Gasteiger partial charge in [-0.05, 0) is 55.7 Å². The predicted octanol–water partition coefficient (Wildman–Crippen LogP) is 4.64. The summed E-state index contributed by atoms with van der Waals surface area (Å²) in [5.74, 6) is 0.938. The molecule has 0 saturated heterocycles. The van der Waals surface area contributed by atoms with E-state index in [1.165, 1.54) is 12.1 Å². The molecule has 0 bridgehead atoms. The van der Waals surface area contributed by atoms with Crippen molar-refractivity contribution in [3.05, 3.63) is 83.1 Å². The molecule has 0 fully saturated rings. The number of rotatable bonds is 5. The van der Waals surface area contributed by atoms with E-state index in [0.717, 1.165) is 23.9 Å². The maximum Gasteiger partial charge on any atom is 0.416 e. The van der Waals surface area contributed by atoms with Gasteiger partial charge in [-0.25, -0.2) is 19.6 Å². The van der Waals surface area contributed by atoms with Gasteiger partial charge in [-0.15, -0.1) is 0 Å². The van der Waals surface area contributed by atoms with Gasteiger partial charge in [0.25, 0.3) is 0 Å². The van der Waals surface area contributed by atoms with E-state index >= 15 is 0 Å². The molecular formula is C25H25F3N6O5S. The Morgan fingerprint density at radius 3 is 2.48 bits per heavy atom. The number of fused-ring (bicyclic) bond motifs is 1. The third-order valence-corrected chi connectivity index (χ3v) is 5.98. The molecule has 1 atom stereocenters. The number of hydrogen-bond acceptors (Lipinski definition) is 7. The highest BCUT2D eigenvalue weighted by atomic mass is 32.3. The third-order valence-electron chi connectivity index (χ3n) is 5.98. The zero-order valence-corrected chi connectivity index (χ0v) is 22.1. The molecule has 4 heterocycles. The first-order chi connectivity index (χ1) is 18.8. The zero-order valence-electron chi connectivity index (χ0n) is 21.3. The lowest BCUT2D eigenvalue weighted by molar-refractivity contribution is -0.138. The number of halogens is 3. The highest BCUT2D eigenvalue weighted by Gasteiger charge is 2.37. The van der Waals surface area contributed by atoms with Gasteiger partial charge in [0.2, 0.25) is 5.88 Å². The molecule has 0 unspecified atom stereocenters. The van der Waals surface area contributed by atoms with Gasteiger partial charge in [0, 0.05) is 18.7 Å². The molecule has 0 radical (unpaired) electrons. The zero-order chi connectivity index (χ0) is 29.1. The summed E-state index contributed by atoms with van der Waals surface area (Å²) in [7, 11) is -3.12. The smallest absolute Gasteiger partial charge is 0.416 e. The van der Waals surface area contributed by atoms with Crippen LogP contribution in [0, 0.1) is 6.92 Å². The third kappa shape index (κ3) is 7.11. The van der Waals surface area contributed by atoms with Crippen molar-refractivity contribution in [3.8, 4) is 11.6 Å².